The molecule has 1 N–H and O–H groups in total. The number of furan rings is 1. The van der Waals surface area contributed by atoms with Crippen molar-refractivity contribution in [2.24, 2.45) is 0 Å². The second kappa shape index (κ2) is 8.63. The molecule has 1 aromatic carbocycles. The van der Waals surface area contributed by atoms with Crippen molar-refractivity contribution >= 4 is 23.6 Å². The summed E-state index contributed by atoms with van der Waals surface area (Å²) in [7, 11) is 0. The van der Waals surface area contributed by atoms with Crippen molar-refractivity contribution in [1.29, 1.82) is 0 Å². The molecule has 154 valence electrons. The van der Waals surface area contributed by atoms with Gasteiger partial charge < -0.3 is 19.1 Å². The Morgan fingerprint density at radius 3 is 2.66 bits per heavy atom. The van der Waals surface area contributed by atoms with E-state index in [-0.39, 0.29) is 22.4 Å². The van der Waals surface area contributed by atoms with Crippen LogP contribution >= 0.6 is 11.8 Å². The first-order valence-corrected chi connectivity index (χ1v) is 11.2. The Morgan fingerprint density at radius 1 is 1.21 bits per heavy atom. The molecule has 29 heavy (non-hydrogen) atoms. The molecular weight excluding hydrogens is 386 g/mol. The minimum absolute atomic E-state index is 0.00243. The second-order valence-electron chi connectivity index (χ2n) is 7.79. The zero-order chi connectivity index (χ0) is 20.4. The number of amides is 2. The summed E-state index contributed by atoms with van der Waals surface area (Å²) in [5.41, 5.74) is 2.47. The van der Waals surface area contributed by atoms with Gasteiger partial charge in [-0.1, -0.05) is 24.3 Å². The van der Waals surface area contributed by atoms with Crippen LogP contribution in [0.5, 0.6) is 0 Å². The summed E-state index contributed by atoms with van der Waals surface area (Å²) < 4.78 is 5.23. The number of benzene rings is 1. The van der Waals surface area contributed by atoms with Crippen LogP contribution in [0.4, 0.5) is 0 Å². The third kappa shape index (κ3) is 4.21. The summed E-state index contributed by atoms with van der Waals surface area (Å²) in [6, 6.07) is 11.8. The molecule has 6 nitrogen and oxygen atoms in total. The van der Waals surface area contributed by atoms with Crippen molar-refractivity contribution < 1.29 is 18.9 Å². The largest absolute Gasteiger partial charge is 0.459 e. The minimum atomic E-state index is -0.0337. The third-order valence-electron chi connectivity index (χ3n) is 5.90. The predicted molar refractivity (Wildman–Crippen MR) is 113 cm³/mol. The normalized spacial score (nSPS) is 23.0. The highest BCUT2D eigenvalue weighted by Crippen LogP contribution is 2.43. The molecule has 0 bridgehead atoms. The van der Waals surface area contributed by atoms with Crippen LogP contribution in [0.3, 0.4) is 0 Å². The van der Waals surface area contributed by atoms with Crippen molar-refractivity contribution in [1.82, 2.24) is 9.80 Å². The summed E-state index contributed by atoms with van der Waals surface area (Å²) in [5.74, 6) is 0.603. The third-order valence-corrected chi connectivity index (χ3v) is 7.27. The highest BCUT2D eigenvalue weighted by atomic mass is 32.2. The summed E-state index contributed by atoms with van der Waals surface area (Å²) in [5, 5.41) is 0.0947. The zero-order valence-corrected chi connectivity index (χ0v) is 17.8. The Morgan fingerprint density at radius 2 is 1.97 bits per heavy atom. The summed E-state index contributed by atoms with van der Waals surface area (Å²) >= 11 is 1.74. The quantitative estimate of drug-likeness (QED) is 0.807. The predicted octanol–water partition coefficient (Wildman–Crippen LogP) is 1.59. The molecule has 7 heteroatoms. The van der Waals surface area contributed by atoms with Gasteiger partial charge in [0, 0.05) is 0 Å². The van der Waals surface area contributed by atoms with Crippen molar-refractivity contribution in [3.63, 3.8) is 0 Å². The second-order valence-corrected chi connectivity index (χ2v) is 9.21. The van der Waals surface area contributed by atoms with Crippen LogP contribution in [-0.2, 0) is 4.79 Å². The van der Waals surface area contributed by atoms with Gasteiger partial charge in [-0.25, -0.2) is 0 Å². The van der Waals surface area contributed by atoms with E-state index >= 15 is 0 Å². The Bertz CT molecular complexity index is 862. The fourth-order valence-electron chi connectivity index (χ4n) is 4.12. The molecule has 0 aliphatic carbocycles. The number of carbonyl (C=O) groups excluding carboxylic acids is 2. The molecule has 2 atom stereocenters. The Hall–Kier alpha value is -2.25. The molecule has 2 amide bonds. The van der Waals surface area contributed by atoms with Crippen LogP contribution < -0.4 is 4.90 Å². The van der Waals surface area contributed by atoms with Crippen LogP contribution in [0.1, 0.15) is 34.0 Å². The van der Waals surface area contributed by atoms with Crippen molar-refractivity contribution in [3.05, 3.63) is 59.5 Å². The van der Waals surface area contributed by atoms with E-state index in [1.165, 1.54) is 22.3 Å². The molecule has 3 heterocycles. The van der Waals surface area contributed by atoms with Gasteiger partial charge in [0.1, 0.15) is 5.37 Å². The van der Waals surface area contributed by atoms with E-state index in [9.17, 15) is 9.59 Å². The fourth-order valence-corrected chi connectivity index (χ4v) is 5.52. The number of piperazine rings is 1. The van der Waals surface area contributed by atoms with Crippen LogP contribution in [-0.4, -0.2) is 66.1 Å². The van der Waals surface area contributed by atoms with Gasteiger partial charge in [0.25, 0.3) is 5.91 Å². The number of thioether (sulfide) groups is 1. The molecule has 0 spiro atoms. The number of nitrogens with one attached hydrogen (secondary N) is 1. The molecular formula is C22H28N3O3S+. The molecule has 2 saturated heterocycles. The number of hydrogen-bond acceptors (Lipinski definition) is 4. The lowest BCUT2D eigenvalue weighted by Crippen LogP contribution is -3.15. The number of carbonyl (C=O) groups is 2. The minimum Gasteiger partial charge on any atom is -0.459 e. The molecule has 1 aromatic heterocycles. The molecule has 2 aliphatic rings. The van der Waals surface area contributed by atoms with E-state index in [2.05, 4.69) is 25.1 Å². The van der Waals surface area contributed by atoms with Gasteiger partial charge in [-0.3, -0.25) is 9.59 Å². The lowest BCUT2D eigenvalue weighted by atomic mass is 10.1. The fraction of sp³-hybridized carbons (Fsp3) is 0.455. The molecule has 4 rings (SSSR count). The van der Waals surface area contributed by atoms with Crippen LogP contribution in [0.25, 0.3) is 0 Å². The maximum atomic E-state index is 12.8. The Labute approximate surface area is 175 Å². The number of aryl methyl sites for hydroxylation is 1. The lowest BCUT2D eigenvalue weighted by Gasteiger charge is -2.33. The highest BCUT2D eigenvalue weighted by molar-refractivity contribution is 8.01. The first-order chi connectivity index (χ1) is 14.0. The molecule has 2 fully saturated rings. The maximum Gasteiger partial charge on any atom is 0.289 e. The number of rotatable bonds is 5. The van der Waals surface area contributed by atoms with Gasteiger partial charge in [-0.2, -0.15) is 0 Å². The standard InChI is InChI=1S/C22H27N3O3S/c1-16-6-3-4-7-18(16)22-25(20(26)17(2)29-22)14-11-23-9-12-24(13-10-23)21(27)19-8-5-15-28-19/h3-8,15,17,22H,9-14H2,1-2H3/p+1/t17-,22+/m0/s1. The van der Waals surface area contributed by atoms with E-state index in [1.807, 2.05) is 22.8 Å². The van der Waals surface area contributed by atoms with E-state index in [0.717, 1.165) is 39.3 Å². The van der Waals surface area contributed by atoms with E-state index in [4.69, 9.17) is 4.42 Å². The van der Waals surface area contributed by atoms with Crippen molar-refractivity contribution in [3.8, 4) is 0 Å². The number of nitrogens with zero attached hydrogens (tertiary/aromatic N) is 2. The van der Waals surface area contributed by atoms with Crippen molar-refractivity contribution in [2.75, 3.05) is 39.3 Å². The van der Waals surface area contributed by atoms with E-state index in [1.54, 1.807) is 23.9 Å². The van der Waals surface area contributed by atoms with Crippen LogP contribution in [0, 0.1) is 6.92 Å². The molecule has 2 aliphatic heterocycles. The topological polar surface area (TPSA) is 58.2 Å². The molecule has 2 aromatic rings. The summed E-state index contributed by atoms with van der Waals surface area (Å²) in [6.45, 7) is 9.00. The average Bonchev–Trinajstić information content (AvgIpc) is 3.36. The van der Waals surface area contributed by atoms with Gasteiger partial charge in [-0.15, -0.1) is 11.8 Å². The maximum absolute atomic E-state index is 12.8. The van der Waals surface area contributed by atoms with Crippen LogP contribution in [0.2, 0.25) is 0 Å². The Kier molecular flexibility index (Phi) is 5.96. The van der Waals surface area contributed by atoms with Gasteiger partial charge in [0.15, 0.2) is 5.76 Å². The van der Waals surface area contributed by atoms with E-state index in [0.29, 0.717) is 5.76 Å². The molecule has 0 unspecified atom stereocenters. The summed E-state index contributed by atoms with van der Waals surface area (Å²) in [6.07, 6.45) is 1.53. The number of quaternary nitrogens is 1. The molecule has 0 saturated carbocycles. The van der Waals surface area contributed by atoms with Gasteiger partial charge in [0.05, 0.1) is 50.8 Å². The first kappa shape index (κ1) is 20.0. The number of hydrogen-bond donors (Lipinski definition) is 1. The Balaban J connectivity index is 1.34. The average molecular weight is 415 g/mol. The van der Waals surface area contributed by atoms with E-state index < -0.39 is 0 Å². The van der Waals surface area contributed by atoms with Gasteiger partial charge in [-0.05, 0) is 37.1 Å². The SMILES string of the molecule is Cc1ccccc1[C@H]1S[C@@H](C)C(=O)N1CC[NH+]1CCN(C(=O)c2ccco2)CC1. The highest BCUT2D eigenvalue weighted by Gasteiger charge is 2.39. The molecule has 0 radical (unpaired) electrons. The van der Waals surface area contributed by atoms with Crippen molar-refractivity contribution in [2.45, 2.75) is 24.5 Å². The smallest absolute Gasteiger partial charge is 0.289 e. The summed E-state index contributed by atoms with van der Waals surface area (Å²) in [4.78, 5) is 30.5. The van der Waals surface area contributed by atoms with Gasteiger partial charge in [0.2, 0.25) is 5.91 Å². The monoisotopic (exact) mass is 414 g/mol. The first-order valence-electron chi connectivity index (χ1n) is 10.2. The lowest BCUT2D eigenvalue weighted by molar-refractivity contribution is -0.903. The van der Waals surface area contributed by atoms with Crippen LogP contribution in [0.15, 0.2) is 47.1 Å². The zero-order valence-electron chi connectivity index (χ0n) is 17.0. The van der Waals surface area contributed by atoms with Gasteiger partial charge >= 0.3 is 0 Å².